The van der Waals surface area contributed by atoms with Gasteiger partial charge in [0.15, 0.2) is 21.0 Å². The van der Waals surface area contributed by atoms with Gasteiger partial charge >= 0.3 is 0 Å². The summed E-state index contributed by atoms with van der Waals surface area (Å²) in [7, 11) is 7.27. The molecule has 0 aliphatic heterocycles. The van der Waals surface area contributed by atoms with Crippen LogP contribution in [0.2, 0.25) is 0 Å². The van der Waals surface area contributed by atoms with Crippen LogP contribution in [-0.4, -0.2) is 35.6 Å². The third-order valence-electron chi connectivity index (χ3n) is 7.01. The molecule has 218 valence electrons. The van der Waals surface area contributed by atoms with Gasteiger partial charge in [-0.25, -0.2) is 0 Å². The van der Waals surface area contributed by atoms with Crippen molar-refractivity contribution >= 4 is 40.4 Å². The highest BCUT2D eigenvalue weighted by atomic mass is 79.9. The maximum atomic E-state index is 13.6. The van der Waals surface area contributed by atoms with Gasteiger partial charge in [0.2, 0.25) is 11.8 Å². The molecular weight excluding hydrogens is 646 g/mol. The van der Waals surface area contributed by atoms with Gasteiger partial charge in [0.1, 0.15) is 6.61 Å². The summed E-state index contributed by atoms with van der Waals surface area (Å²) in [5, 5.41) is 31.9. The molecule has 2 heterocycles. The molecule has 0 saturated carbocycles. The Morgan fingerprint density at radius 2 is 1.45 bits per heavy atom. The largest absolute Gasteiger partial charge is 0.494 e. The van der Waals surface area contributed by atoms with Crippen molar-refractivity contribution in [2.75, 3.05) is 7.11 Å². The quantitative estimate of drug-likeness (QED) is 0.279. The number of halogens is 1. The van der Waals surface area contributed by atoms with Crippen LogP contribution in [0.4, 0.5) is 0 Å². The lowest BCUT2D eigenvalue weighted by molar-refractivity contribution is 0.282. The molecule has 0 radical (unpaired) electrons. The number of aromatic nitrogens is 4. The summed E-state index contributed by atoms with van der Waals surface area (Å²) >= 11 is 14.1. The van der Waals surface area contributed by atoms with Crippen molar-refractivity contribution in [3.05, 3.63) is 98.9 Å². The number of ether oxygens (including phenoxy) is 2. The predicted octanol–water partition coefficient (Wildman–Crippen LogP) is 4.03. The first-order valence-corrected chi connectivity index (χ1v) is 13.9. The van der Waals surface area contributed by atoms with Gasteiger partial charge in [-0.2, -0.15) is 5.26 Å². The van der Waals surface area contributed by atoms with Crippen molar-refractivity contribution in [1.82, 2.24) is 18.3 Å². The van der Waals surface area contributed by atoms with Gasteiger partial charge in [0, 0.05) is 33.8 Å². The molecule has 42 heavy (non-hydrogen) atoms. The van der Waals surface area contributed by atoms with Crippen LogP contribution in [0, 0.1) is 20.9 Å². The lowest BCUT2D eigenvalue weighted by Gasteiger charge is -2.24. The van der Waals surface area contributed by atoms with Gasteiger partial charge in [0.05, 0.1) is 40.3 Å². The second-order valence-electron chi connectivity index (χ2n) is 9.41. The topological polar surface area (TPSA) is 137 Å². The minimum absolute atomic E-state index is 0.0451. The third-order valence-corrected chi connectivity index (χ3v) is 8.69. The highest BCUT2D eigenvalue weighted by Gasteiger charge is 2.33. The Balaban J connectivity index is 2.03. The summed E-state index contributed by atoms with van der Waals surface area (Å²) in [5.41, 5.74) is -0.333. The average molecular weight is 673 g/mol. The molecule has 11 nitrogen and oxygen atoms in total. The highest BCUT2D eigenvalue weighted by molar-refractivity contribution is 9.10. The molecular formula is C28H26BrN5O6S2. The van der Waals surface area contributed by atoms with Crippen LogP contribution in [-0.2, 0) is 34.8 Å². The number of methoxy groups -OCH3 is 1. The molecule has 0 aliphatic carbocycles. The second kappa shape index (κ2) is 12.0. The van der Waals surface area contributed by atoms with Gasteiger partial charge in [0.25, 0.3) is 11.1 Å². The molecule has 4 aromatic rings. The fraction of sp³-hybridized carbons (Fsp3) is 0.250. The first-order valence-electron chi connectivity index (χ1n) is 12.3. The molecule has 0 saturated heterocycles. The zero-order valence-corrected chi connectivity index (χ0v) is 26.4. The first-order chi connectivity index (χ1) is 19.8. The summed E-state index contributed by atoms with van der Waals surface area (Å²) in [4.78, 5) is 27.3. The predicted molar refractivity (Wildman–Crippen MR) is 163 cm³/mol. The Kier molecular flexibility index (Phi) is 8.76. The van der Waals surface area contributed by atoms with E-state index < -0.39 is 28.8 Å². The molecule has 0 fully saturated rings. The zero-order chi connectivity index (χ0) is 31.0. The number of nitriles is 1. The lowest BCUT2D eigenvalue weighted by Crippen LogP contribution is -2.33. The fourth-order valence-corrected chi connectivity index (χ4v) is 5.57. The summed E-state index contributed by atoms with van der Waals surface area (Å²) < 4.78 is 17.0. The van der Waals surface area contributed by atoms with E-state index >= 15 is 0 Å². The van der Waals surface area contributed by atoms with E-state index in [0.717, 1.165) is 9.13 Å². The molecule has 14 heteroatoms. The second-order valence-corrected chi connectivity index (χ2v) is 11.0. The van der Waals surface area contributed by atoms with Crippen LogP contribution in [0.5, 0.6) is 23.3 Å². The van der Waals surface area contributed by atoms with Crippen LogP contribution >= 0.6 is 40.4 Å². The van der Waals surface area contributed by atoms with Crippen molar-refractivity contribution in [3.63, 3.8) is 0 Å². The number of hydrogen-bond donors (Lipinski definition) is 2. The first kappa shape index (κ1) is 30.8. The standard InChI is InChI=1S/C28H26BrN5O6S2/c1-31-23(35)20(24(36)32(2)27(31)41)19(21-25(37)33(3)28(42)34(4)26(21)38)16-10-17(29)22(18(11-16)39-5)40-13-15-9-7-6-8-14(15)12-30/h6-11,19,35,37H,13H2,1-5H3. The van der Waals surface area contributed by atoms with E-state index in [9.17, 15) is 25.1 Å². The Labute approximate surface area is 258 Å². The van der Waals surface area contributed by atoms with E-state index in [1.54, 1.807) is 36.4 Å². The Morgan fingerprint density at radius 3 is 1.95 bits per heavy atom. The van der Waals surface area contributed by atoms with E-state index in [2.05, 4.69) is 22.0 Å². The average Bonchev–Trinajstić information content (AvgIpc) is 2.99. The van der Waals surface area contributed by atoms with Crippen LogP contribution in [0.1, 0.15) is 33.7 Å². The molecule has 0 aliphatic rings. The molecule has 0 atom stereocenters. The molecule has 0 bridgehead atoms. The molecule has 0 amide bonds. The molecule has 0 spiro atoms. The Morgan fingerprint density at radius 1 is 0.929 bits per heavy atom. The van der Waals surface area contributed by atoms with Crippen molar-refractivity contribution in [2.24, 2.45) is 28.2 Å². The number of benzene rings is 2. The van der Waals surface area contributed by atoms with Crippen LogP contribution in [0.15, 0.2) is 50.5 Å². The van der Waals surface area contributed by atoms with Crippen LogP contribution in [0.25, 0.3) is 0 Å². The number of hydrogen-bond acceptors (Lipinski definition) is 9. The van der Waals surface area contributed by atoms with Crippen molar-refractivity contribution in [2.45, 2.75) is 12.5 Å². The maximum absolute atomic E-state index is 13.6. The van der Waals surface area contributed by atoms with Crippen molar-refractivity contribution in [3.8, 4) is 29.3 Å². The molecule has 2 aromatic carbocycles. The van der Waals surface area contributed by atoms with Gasteiger partial charge in [-0.1, -0.05) is 18.2 Å². The normalized spacial score (nSPS) is 11.0. The van der Waals surface area contributed by atoms with Gasteiger partial charge in [-0.05, 0) is 64.1 Å². The fourth-order valence-electron chi connectivity index (χ4n) is 4.65. The van der Waals surface area contributed by atoms with Gasteiger partial charge in [-0.15, -0.1) is 0 Å². The summed E-state index contributed by atoms with van der Waals surface area (Å²) in [6.07, 6.45) is 0. The summed E-state index contributed by atoms with van der Waals surface area (Å²) in [6, 6.07) is 12.3. The molecule has 4 rings (SSSR count). The Hall–Kier alpha value is -4.19. The number of rotatable bonds is 7. The minimum Gasteiger partial charge on any atom is -0.494 e. The highest BCUT2D eigenvalue weighted by Crippen LogP contribution is 2.44. The smallest absolute Gasteiger partial charge is 0.262 e. The van der Waals surface area contributed by atoms with Gasteiger partial charge < -0.3 is 19.7 Å². The molecule has 0 unspecified atom stereocenters. The van der Waals surface area contributed by atoms with E-state index in [1.165, 1.54) is 44.4 Å². The van der Waals surface area contributed by atoms with Crippen molar-refractivity contribution < 1.29 is 19.7 Å². The third kappa shape index (κ3) is 5.15. The molecule has 2 N–H and O–H groups in total. The SMILES string of the molecule is COc1cc(C(c2c(O)n(C)c(=S)n(C)c2=O)c2c(O)n(C)c(=S)n(C)c2=O)cc(Br)c1OCc1ccccc1C#N. The van der Waals surface area contributed by atoms with E-state index in [1.807, 2.05) is 0 Å². The minimum atomic E-state index is -1.30. The van der Waals surface area contributed by atoms with Crippen LogP contribution < -0.4 is 20.6 Å². The van der Waals surface area contributed by atoms with E-state index in [0.29, 0.717) is 26.9 Å². The Bertz CT molecular complexity index is 1940. The number of aromatic hydroxyl groups is 2. The zero-order valence-electron chi connectivity index (χ0n) is 23.2. The summed E-state index contributed by atoms with van der Waals surface area (Å²) in [5.74, 6) is -1.75. The van der Waals surface area contributed by atoms with Crippen LogP contribution in [0.3, 0.4) is 0 Å². The lowest BCUT2D eigenvalue weighted by atomic mass is 9.86. The van der Waals surface area contributed by atoms with E-state index in [-0.39, 0.29) is 33.0 Å². The van der Waals surface area contributed by atoms with E-state index in [4.69, 9.17) is 33.9 Å². The monoisotopic (exact) mass is 671 g/mol. The maximum Gasteiger partial charge on any atom is 0.262 e. The summed E-state index contributed by atoms with van der Waals surface area (Å²) in [6.45, 7) is 0.0520. The van der Waals surface area contributed by atoms with Crippen molar-refractivity contribution in [1.29, 1.82) is 5.26 Å². The molecule has 2 aromatic heterocycles. The number of nitrogens with zero attached hydrogens (tertiary/aromatic N) is 5. The van der Waals surface area contributed by atoms with Gasteiger partial charge in [-0.3, -0.25) is 27.9 Å².